The Balaban J connectivity index is 1.62. The van der Waals surface area contributed by atoms with E-state index in [2.05, 4.69) is 52.7 Å². The largest absolute Gasteiger partial charge is 0.465 e. The van der Waals surface area contributed by atoms with Crippen molar-refractivity contribution in [2.45, 2.75) is 19.5 Å². The zero-order valence-electron chi connectivity index (χ0n) is 13.6. The van der Waals surface area contributed by atoms with Crippen LogP contribution in [-0.2, 0) is 13.1 Å². The number of hydrogen-bond donors (Lipinski definition) is 2. The standard InChI is InChI=1S/C20H22N2O2/c23-20(24)21-14-17-7-4-8-19(13-17)18-9-11-22(12-10-18)15-16-5-2-1-3-6-16/h1-9,13,21H,10-12,14-15H2,(H,23,24). The second-order valence-corrected chi connectivity index (χ2v) is 6.06. The average molecular weight is 322 g/mol. The maximum Gasteiger partial charge on any atom is 0.404 e. The van der Waals surface area contributed by atoms with Gasteiger partial charge in [0.05, 0.1) is 0 Å². The summed E-state index contributed by atoms with van der Waals surface area (Å²) in [7, 11) is 0. The summed E-state index contributed by atoms with van der Waals surface area (Å²) in [5.74, 6) is 0. The maximum absolute atomic E-state index is 10.6. The normalized spacial score (nSPS) is 14.9. The number of amides is 1. The number of benzene rings is 2. The molecule has 124 valence electrons. The van der Waals surface area contributed by atoms with Crippen molar-refractivity contribution >= 4 is 11.7 Å². The van der Waals surface area contributed by atoms with Crippen molar-refractivity contribution in [2.24, 2.45) is 0 Å². The summed E-state index contributed by atoms with van der Waals surface area (Å²) >= 11 is 0. The van der Waals surface area contributed by atoms with Crippen LogP contribution < -0.4 is 5.32 Å². The molecule has 0 radical (unpaired) electrons. The number of carboxylic acid groups (broad SMARTS) is 1. The van der Waals surface area contributed by atoms with Crippen LogP contribution in [-0.4, -0.2) is 29.2 Å². The number of nitrogens with zero attached hydrogens (tertiary/aromatic N) is 1. The van der Waals surface area contributed by atoms with Crippen molar-refractivity contribution in [3.8, 4) is 0 Å². The van der Waals surface area contributed by atoms with Crippen molar-refractivity contribution in [1.29, 1.82) is 0 Å². The van der Waals surface area contributed by atoms with E-state index in [1.807, 2.05) is 18.2 Å². The number of rotatable bonds is 5. The summed E-state index contributed by atoms with van der Waals surface area (Å²) in [4.78, 5) is 13.1. The van der Waals surface area contributed by atoms with Crippen LogP contribution in [0, 0.1) is 0 Å². The van der Waals surface area contributed by atoms with Gasteiger partial charge in [-0.2, -0.15) is 0 Å². The Morgan fingerprint density at radius 2 is 1.88 bits per heavy atom. The lowest BCUT2D eigenvalue weighted by atomic mass is 9.97. The van der Waals surface area contributed by atoms with Gasteiger partial charge >= 0.3 is 6.09 Å². The monoisotopic (exact) mass is 322 g/mol. The van der Waals surface area contributed by atoms with E-state index in [9.17, 15) is 4.79 Å². The molecule has 0 spiro atoms. The molecule has 24 heavy (non-hydrogen) atoms. The Bertz CT molecular complexity index is 725. The fraction of sp³-hybridized carbons (Fsp3) is 0.250. The van der Waals surface area contributed by atoms with E-state index in [0.29, 0.717) is 6.54 Å². The molecule has 1 aliphatic rings. The fourth-order valence-corrected chi connectivity index (χ4v) is 3.02. The molecule has 2 N–H and O–H groups in total. The topological polar surface area (TPSA) is 52.6 Å². The van der Waals surface area contributed by atoms with Gasteiger partial charge in [-0.15, -0.1) is 0 Å². The molecule has 3 rings (SSSR count). The predicted molar refractivity (Wildman–Crippen MR) is 95.6 cm³/mol. The second kappa shape index (κ2) is 7.79. The minimum atomic E-state index is -0.992. The van der Waals surface area contributed by atoms with Gasteiger partial charge in [-0.3, -0.25) is 4.90 Å². The van der Waals surface area contributed by atoms with Crippen molar-refractivity contribution in [3.05, 3.63) is 77.4 Å². The highest BCUT2D eigenvalue weighted by molar-refractivity contribution is 5.67. The van der Waals surface area contributed by atoms with E-state index in [4.69, 9.17) is 5.11 Å². The smallest absolute Gasteiger partial charge is 0.404 e. The summed E-state index contributed by atoms with van der Waals surface area (Å²) in [6, 6.07) is 18.7. The summed E-state index contributed by atoms with van der Waals surface area (Å²) in [5, 5.41) is 11.1. The third-order valence-electron chi connectivity index (χ3n) is 4.28. The lowest BCUT2D eigenvalue weighted by Crippen LogP contribution is -2.28. The maximum atomic E-state index is 10.6. The molecule has 1 aliphatic heterocycles. The Morgan fingerprint density at radius 1 is 1.08 bits per heavy atom. The first-order chi connectivity index (χ1) is 11.7. The summed E-state index contributed by atoms with van der Waals surface area (Å²) in [6.45, 7) is 3.31. The first-order valence-corrected chi connectivity index (χ1v) is 8.22. The highest BCUT2D eigenvalue weighted by Crippen LogP contribution is 2.24. The molecular weight excluding hydrogens is 300 g/mol. The minimum Gasteiger partial charge on any atom is -0.465 e. The Hall–Kier alpha value is -2.59. The molecule has 0 atom stereocenters. The quantitative estimate of drug-likeness (QED) is 0.881. The zero-order chi connectivity index (χ0) is 16.8. The van der Waals surface area contributed by atoms with Gasteiger partial charge in [-0.25, -0.2) is 4.79 Å². The van der Waals surface area contributed by atoms with Crippen LogP contribution in [0.15, 0.2) is 60.7 Å². The van der Waals surface area contributed by atoms with Crippen LogP contribution in [0.1, 0.15) is 23.1 Å². The Kier molecular flexibility index (Phi) is 5.29. The molecule has 0 bridgehead atoms. The highest BCUT2D eigenvalue weighted by Gasteiger charge is 2.13. The van der Waals surface area contributed by atoms with E-state index >= 15 is 0 Å². The van der Waals surface area contributed by atoms with Crippen LogP contribution in [0.25, 0.3) is 5.57 Å². The van der Waals surface area contributed by atoms with Crippen LogP contribution in [0.5, 0.6) is 0 Å². The predicted octanol–water partition coefficient (Wildman–Crippen LogP) is 3.74. The summed E-state index contributed by atoms with van der Waals surface area (Å²) in [5.41, 5.74) is 4.87. The van der Waals surface area contributed by atoms with E-state index in [0.717, 1.165) is 31.6 Å². The molecule has 0 saturated carbocycles. The second-order valence-electron chi connectivity index (χ2n) is 6.06. The van der Waals surface area contributed by atoms with Crippen molar-refractivity contribution in [2.75, 3.05) is 13.1 Å². The van der Waals surface area contributed by atoms with Gasteiger partial charge in [0.15, 0.2) is 0 Å². The zero-order valence-corrected chi connectivity index (χ0v) is 13.6. The average Bonchev–Trinajstić information content (AvgIpc) is 2.62. The number of nitrogens with one attached hydrogen (secondary N) is 1. The molecule has 0 saturated heterocycles. The summed E-state index contributed by atoms with van der Waals surface area (Å²) < 4.78 is 0. The van der Waals surface area contributed by atoms with E-state index in [1.165, 1.54) is 16.7 Å². The van der Waals surface area contributed by atoms with Crippen LogP contribution in [0.2, 0.25) is 0 Å². The Morgan fingerprint density at radius 3 is 2.58 bits per heavy atom. The third-order valence-corrected chi connectivity index (χ3v) is 4.28. The first-order valence-electron chi connectivity index (χ1n) is 8.22. The van der Waals surface area contributed by atoms with Gasteiger partial charge in [0.25, 0.3) is 0 Å². The fourth-order valence-electron chi connectivity index (χ4n) is 3.02. The van der Waals surface area contributed by atoms with E-state index in [-0.39, 0.29) is 0 Å². The molecule has 2 aromatic carbocycles. The molecule has 0 aliphatic carbocycles. The molecule has 0 aromatic heterocycles. The third kappa shape index (κ3) is 4.46. The molecule has 4 heteroatoms. The lowest BCUT2D eigenvalue weighted by Gasteiger charge is -2.26. The Labute approximate surface area is 142 Å². The summed E-state index contributed by atoms with van der Waals surface area (Å²) in [6.07, 6.45) is 2.31. The SMILES string of the molecule is O=C(O)NCc1cccc(C2=CCN(Cc3ccccc3)CC2)c1. The molecular formula is C20H22N2O2. The van der Waals surface area contributed by atoms with Gasteiger partial charge in [-0.1, -0.05) is 54.6 Å². The highest BCUT2D eigenvalue weighted by atomic mass is 16.4. The van der Waals surface area contributed by atoms with Crippen LogP contribution >= 0.6 is 0 Å². The molecule has 1 heterocycles. The van der Waals surface area contributed by atoms with Crippen LogP contribution in [0.3, 0.4) is 0 Å². The van der Waals surface area contributed by atoms with Crippen LogP contribution in [0.4, 0.5) is 4.79 Å². The first kappa shape index (κ1) is 16.3. The molecule has 1 amide bonds. The molecule has 2 aromatic rings. The molecule has 0 fully saturated rings. The van der Waals surface area contributed by atoms with Crippen molar-refractivity contribution in [3.63, 3.8) is 0 Å². The number of hydrogen-bond acceptors (Lipinski definition) is 2. The van der Waals surface area contributed by atoms with Crippen molar-refractivity contribution in [1.82, 2.24) is 10.2 Å². The van der Waals surface area contributed by atoms with Gasteiger partial charge in [0.1, 0.15) is 0 Å². The molecule has 4 nitrogen and oxygen atoms in total. The molecule has 0 unspecified atom stereocenters. The van der Waals surface area contributed by atoms with Gasteiger partial charge in [0.2, 0.25) is 0 Å². The van der Waals surface area contributed by atoms with Gasteiger partial charge < -0.3 is 10.4 Å². The van der Waals surface area contributed by atoms with E-state index < -0.39 is 6.09 Å². The van der Waals surface area contributed by atoms with Gasteiger partial charge in [-0.05, 0) is 34.8 Å². The number of carbonyl (C=O) groups is 1. The minimum absolute atomic E-state index is 0.344. The van der Waals surface area contributed by atoms with Gasteiger partial charge in [0, 0.05) is 26.2 Å². The van der Waals surface area contributed by atoms with Crippen molar-refractivity contribution < 1.29 is 9.90 Å². The van der Waals surface area contributed by atoms with E-state index in [1.54, 1.807) is 0 Å². The lowest BCUT2D eigenvalue weighted by molar-refractivity contribution is 0.194.